The number of nitrogens with one attached hydrogen (secondary N) is 4. The summed E-state index contributed by atoms with van der Waals surface area (Å²) in [5.41, 5.74) is 4.30. The molecule has 0 radical (unpaired) electrons. The lowest BCUT2D eigenvalue weighted by molar-refractivity contribution is -0.385. The fraction of sp³-hybridized carbons (Fsp3) is 0.0417. The highest BCUT2D eigenvalue weighted by Crippen LogP contribution is 2.38. The van der Waals surface area contributed by atoms with Crippen molar-refractivity contribution in [1.29, 1.82) is 0 Å². The molecule has 0 unspecified atom stereocenters. The Kier molecular flexibility index (Phi) is 5.34. The summed E-state index contributed by atoms with van der Waals surface area (Å²) in [6.07, 6.45) is 2.90. The Morgan fingerprint density at radius 3 is 2.54 bits per heavy atom. The van der Waals surface area contributed by atoms with Gasteiger partial charge >= 0.3 is 5.69 Å². The molecule has 174 valence electrons. The Morgan fingerprint density at radius 2 is 1.80 bits per heavy atom. The Hall–Kier alpha value is -5.19. The fourth-order valence-corrected chi connectivity index (χ4v) is 3.78. The van der Waals surface area contributed by atoms with E-state index in [1.54, 1.807) is 48.5 Å². The van der Waals surface area contributed by atoms with Crippen LogP contribution in [0.25, 0.3) is 11.1 Å². The number of nitro benzene ring substituents is 1. The zero-order chi connectivity index (χ0) is 24.5. The highest BCUT2D eigenvalue weighted by Gasteiger charge is 2.21. The standard InChI is InChI=1S/C24H18N6O5/c1-35-22-9-14(3-7-21(22)30(33)34)13-2-5-17-19(8-13)28-18-6-4-16(10-20(18)29-24(17)32)27-23(31)15-11-25-26-12-15/h2-12,28H,1H3,(H,25,26)(H,27,31)(H,29,32). The number of anilines is 4. The third-order valence-corrected chi connectivity index (χ3v) is 5.53. The number of hydrogen-bond acceptors (Lipinski definition) is 7. The molecule has 4 N–H and O–H groups in total. The molecule has 2 amide bonds. The van der Waals surface area contributed by atoms with E-state index < -0.39 is 4.92 Å². The molecule has 35 heavy (non-hydrogen) atoms. The first-order chi connectivity index (χ1) is 16.9. The maximum Gasteiger partial charge on any atom is 0.310 e. The lowest BCUT2D eigenvalue weighted by atomic mass is 10.0. The number of carbonyl (C=O) groups excluding carboxylic acids is 2. The number of carbonyl (C=O) groups is 2. The van der Waals surface area contributed by atoms with Crippen LogP contribution in [-0.4, -0.2) is 34.0 Å². The molecule has 1 aliphatic heterocycles. The van der Waals surface area contributed by atoms with Crippen molar-refractivity contribution in [3.8, 4) is 16.9 Å². The predicted octanol–water partition coefficient (Wildman–Crippen LogP) is 4.56. The lowest BCUT2D eigenvalue weighted by Gasteiger charge is -2.12. The molecule has 0 spiro atoms. The second-order valence-corrected chi connectivity index (χ2v) is 7.68. The van der Waals surface area contributed by atoms with Crippen LogP contribution in [0.4, 0.5) is 28.4 Å². The number of rotatable bonds is 5. The minimum absolute atomic E-state index is 0.131. The molecule has 4 aromatic rings. The monoisotopic (exact) mass is 470 g/mol. The molecule has 3 aromatic carbocycles. The van der Waals surface area contributed by atoms with E-state index in [9.17, 15) is 19.7 Å². The number of aromatic amines is 1. The first-order valence-corrected chi connectivity index (χ1v) is 10.4. The Labute approximate surface area is 198 Å². The zero-order valence-corrected chi connectivity index (χ0v) is 18.3. The molecule has 11 nitrogen and oxygen atoms in total. The quantitative estimate of drug-likeness (QED) is 0.247. The van der Waals surface area contributed by atoms with Gasteiger partial charge in [-0.05, 0) is 53.6 Å². The molecule has 2 heterocycles. The largest absolute Gasteiger partial charge is 0.490 e. The number of nitro groups is 1. The van der Waals surface area contributed by atoms with Crippen LogP contribution in [0.1, 0.15) is 20.7 Å². The van der Waals surface area contributed by atoms with Crippen LogP contribution < -0.4 is 20.7 Å². The molecular formula is C24H18N6O5. The van der Waals surface area contributed by atoms with Crippen molar-refractivity contribution in [1.82, 2.24) is 10.2 Å². The molecule has 0 aliphatic carbocycles. The molecule has 11 heteroatoms. The number of aromatic nitrogens is 2. The van der Waals surface area contributed by atoms with Gasteiger partial charge in [0.15, 0.2) is 5.75 Å². The summed E-state index contributed by atoms with van der Waals surface area (Å²) in [5.74, 6) is -0.515. The van der Waals surface area contributed by atoms with Gasteiger partial charge in [0.05, 0.1) is 46.4 Å². The van der Waals surface area contributed by atoms with Crippen molar-refractivity contribution in [3.63, 3.8) is 0 Å². The van der Waals surface area contributed by atoms with Crippen molar-refractivity contribution in [2.75, 3.05) is 23.1 Å². The number of nitrogens with zero attached hydrogens (tertiary/aromatic N) is 2. The van der Waals surface area contributed by atoms with Gasteiger partial charge in [-0.25, -0.2) is 0 Å². The van der Waals surface area contributed by atoms with E-state index in [1.165, 1.54) is 25.6 Å². The van der Waals surface area contributed by atoms with E-state index in [4.69, 9.17) is 4.74 Å². The number of hydrogen-bond donors (Lipinski definition) is 4. The Balaban J connectivity index is 1.45. The molecular weight excluding hydrogens is 452 g/mol. The highest BCUT2D eigenvalue weighted by atomic mass is 16.6. The van der Waals surface area contributed by atoms with E-state index in [2.05, 4.69) is 26.1 Å². The van der Waals surface area contributed by atoms with Gasteiger partial charge in [0.2, 0.25) is 0 Å². The van der Waals surface area contributed by atoms with Crippen LogP contribution in [0.2, 0.25) is 0 Å². The van der Waals surface area contributed by atoms with Gasteiger partial charge in [-0.1, -0.05) is 6.07 Å². The molecule has 0 saturated carbocycles. The summed E-state index contributed by atoms with van der Waals surface area (Å²) in [6.45, 7) is 0. The number of ether oxygens (including phenoxy) is 1. The molecule has 0 bridgehead atoms. The summed E-state index contributed by atoms with van der Waals surface area (Å²) >= 11 is 0. The van der Waals surface area contributed by atoms with Crippen LogP contribution >= 0.6 is 0 Å². The smallest absolute Gasteiger partial charge is 0.310 e. The molecule has 5 rings (SSSR count). The van der Waals surface area contributed by atoms with Crippen LogP contribution in [0.3, 0.4) is 0 Å². The molecule has 0 atom stereocenters. The first kappa shape index (κ1) is 21.6. The van der Waals surface area contributed by atoms with Crippen LogP contribution in [-0.2, 0) is 0 Å². The summed E-state index contributed by atoms with van der Waals surface area (Å²) in [7, 11) is 1.37. The summed E-state index contributed by atoms with van der Waals surface area (Å²) < 4.78 is 5.17. The van der Waals surface area contributed by atoms with Gasteiger partial charge in [-0.2, -0.15) is 5.10 Å². The Bertz CT molecular complexity index is 1480. The summed E-state index contributed by atoms with van der Waals surface area (Å²) in [5, 5.41) is 26.4. The van der Waals surface area contributed by atoms with Gasteiger partial charge < -0.3 is 20.7 Å². The van der Waals surface area contributed by atoms with Gasteiger partial charge in [-0.15, -0.1) is 0 Å². The van der Waals surface area contributed by atoms with Gasteiger partial charge in [0.1, 0.15) is 0 Å². The number of amides is 2. The molecule has 0 saturated heterocycles. The Morgan fingerprint density at radius 1 is 1.00 bits per heavy atom. The van der Waals surface area contributed by atoms with E-state index in [1.807, 2.05) is 0 Å². The molecule has 0 fully saturated rings. The molecule has 1 aliphatic rings. The minimum Gasteiger partial charge on any atom is -0.490 e. The normalized spacial score (nSPS) is 11.9. The maximum atomic E-state index is 12.9. The van der Waals surface area contributed by atoms with Crippen molar-refractivity contribution >= 4 is 40.3 Å². The average Bonchev–Trinajstić information content (AvgIpc) is 3.36. The topological polar surface area (TPSA) is 151 Å². The fourth-order valence-electron chi connectivity index (χ4n) is 3.78. The van der Waals surface area contributed by atoms with Crippen molar-refractivity contribution in [2.24, 2.45) is 0 Å². The van der Waals surface area contributed by atoms with Crippen molar-refractivity contribution in [3.05, 3.63) is 88.2 Å². The second-order valence-electron chi connectivity index (χ2n) is 7.68. The summed E-state index contributed by atoms with van der Waals surface area (Å²) in [6, 6.07) is 14.9. The maximum absolute atomic E-state index is 12.9. The average molecular weight is 470 g/mol. The van der Waals surface area contributed by atoms with Crippen LogP contribution in [0.5, 0.6) is 5.75 Å². The minimum atomic E-state index is -0.506. The third-order valence-electron chi connectivity index (χ3n) is 5.53. The van der Waals surface area contributed by atoms with Gasteiger partial charge in [0, 0.05) is 18.0 Å². The van der Waals surface area contributed by atoms with Crippen LogP contribution in [0, 0.1) is 10.1 Å². The van der Waals surface area contributed by atoms with E-state index >= 15 is 0 Å². The number of benzene rings is 3. The van der Waals surface area contributed by atoms with E-state index in [0.29, 0.717) is 39.4 Å². The first-order valence-electron chi connectivity index (χ1n) is 10.4. The van der Waals surface area contributed by atoms with Crippen molar-refractivity contribution < 1.29 is 19.2 Å². The zero-order valence-electron chi connectivity index (χ0n) is 18.3. The van der Waals surface area contributed by atoms with Crippen molar-refractivity contribution in [2.45, 2.75) is 0 Å². The van der Waals surface area contributed by atoms with Gasteiger partial charge in [0.25, 0.3) is 11.8 Å². The summed E-state index contributed by atoms with van der Waals surface area (Å²) in [4.78, 5) is 35.9. The van der Waals surface area contributed by atoms with Crippen LogP contribution in [0.15, 0.2) is 67.0 Å². The lowest BCUT2D eigenvalue weighted by Crippen LogP contribution is -2.13. The van der Waals surface area contributed by atoms with E-state index in [-0.39, 0.29) is 23.3 Å². The number of fused-ring (bicyclic) bond motifs is 2. The predicted molar refractivity (Wildman–Crippen MR) is 129 cm³/mol. The SMILES string of the molecule is COc1cc(-c2ccc3c(c2)Nc2ccc(NC(=O)c4cn[nH]c4)cc2NC3=O)ccc1[N+](=O)[O-]. The highest BCUT2D eigenvalue weighted by molar-refractivity contribution is 6.13. The third kappa shape index (κ3) is 4.13. The molecule has 1 aromatic heterocycles. The van der Waals surface area contributed by atoms with E-state index in [0.717, 1.165) is 5.56 Å². The number of methoxy groups -OCH3 is 1. The number of H-pyrrole nitrogens is 1. The van der Waals surface area contributed by atoms with Gasteiger partial charge in [-0.3, -0.25) is 24.8 Å². The second kappa shape index (κ2) is 8.63.